The molecule has 1 amide bonds. The van der Waals surface area contributed by atoms with E-state index >= 15 is 0 Å². The summed E-state index contributed by atoms with van der Waals surface area (Å²) in [6.07, 6.45) is 2.48. The van der Waals surface area contributed by atoms with Crippen LogP contribution in [-0.2, 0) is 0 Å². The third-order valence-corrected chi connectivity index (χ3v) is 2.85. The fourth-order valence-corrected chi connectivity index (χ4v) is 1.71. The van der Waals surface area contributed by atoms with E-state index in [0.717, 1.165) is 26.1 Å². The minimum atomic E-state index is -0.165. The number of nitrogens with zero attached hydrogens (tertiary/aromatic N) is 2. The van der Waals surface area contributed by atoms with Crippen LogP contribution in [0.15, 0.2) is 18.3 Å². The van der Waals surface area contributed by atoms with Gasteiger partial charge in [0.1, 0.15) is 5.69 Å². The molecular formula is C13H22N4O. The maximum atomic E-state index is 11.7. The number of nitrogens with two attached hydrogens (primary N) is 1. The number of nitrogen functional groups attached to an aromatic ring is 1. The van der Waals surface area contributed by atoms with Crippen LogP contribution in [0.25, 0.3) is 0 Å². The number of hydrogen-bond acceptors (Lipinski definition) is 4. The predicted molar refractivity (Wildman–Crippen MR) is 73.4 cm³/mol. The summed E-state index contributed by atoms with van der Waals surface area (Å²) >= 11 is 0. The molecule has 100 valence electrons. The first-order chi connectivity index (χ1) is 8.67. The number of pyridine rings is 1. The molecule has 0 atom stereocenters. The van der Waals surface area contributed by atoms with Crippen molar-refractivity contribution >= 4 is 11.6 Å². The smallest absolute Gasteiger partial charge is 0.269 e. The monoisotopic (exact) mass is 250 g/mol. The van der Waals surface area contributed by atoms with Gasteiger partial charge in [-0.25, -0.2) is 0 Å². The summed E-state index contributed by atoms with van der Waals surface area (Å²) in [5.41, 5.74) is 6.53. The second-order valence-electron chi connectivity index (χ2n) is 4.11. The van der Waals surface area contributed by atoms with Crippen molar-refractivity contribution in [2.45, 2.75) is 20.3 Å². The maximum absolute atomic E-state index is 11.7. The lowest BCUT2D eigenvalue weighted by Crippen LogP contribution is -2.30. The second kappa shape index (κ2) is 7.66. The first kappa shape index (κ1) is 14.4. The molecule has 1 rings (SSSR count). The predicted octanol–water partition coefficient (Wildman–Crippen LogP) is 1.13. The highest BCUT2D eigenvalue weighted by molar-refractivity contribution is 5.92. The molecule has 0 aliphatic carbocycles. The van der Waals surface area contributed by atoms with Gasteiger partial charge in [-0.3, -0.25) is 9.78 Å². The molecule has 5 nitrogen and oxygen atoms in total. The number of carbonyl (C=O) groups is 1. The molecule has 3 N–H and O–H groups in total. The second-order valence-corrected chi connectivity index (χ2v) is 4.11. The van der Waals surface area contributed by atoms with Gasteiger partial charge in [-0.2, -0.15) is 0 Å². The lowest BCUT2D eigenvalue weighted by atomic mass is 10.3. The molecule has 0 fully saturated rings. The van der Waals surface area contributed by atoms with Crippen molar-refractivity contribution in [1.29, 1.82) is 0 Å². The van der Waals surface area contributed by atoms with Crippen molar-refractivity contribution < 1.29 is 4.79 Å². The van der Waals surface area contributed by atoms with Crippen LogP contribution in [0.2, 0.25) is 0 Å². The van der Waals surface area contributed by atoms with E-state index in [-0.39, 0.29) is 5.91 Å². The normalized spacial score (nSPS) is 10.6. The van der Waals surface area contributed by atoms with E-state index in [1.807, 2.05) is 0 Å². The lowest BCUT2D eigenvalue weighted by molar-refractivity contribution is 0.0947. The quantitative estimate of drug-likeness (QED) is 0.712. The zero-order chi connectivity index (χ0) is 13.4. The molecule has 0 unspecified atom stereocenters. The average molecular weight is 250 g/mol. The van der Waals surface area contributed by atoms with Gasteiger partial charge in [0.25, 0.3) is 5.91 Å². The van der Waals surface area contributed by atoms with Crippen LogP contribution in [0.1, 0.15) is 30.8 Å². The standard InChI is InChI=1S/C13H22N4O/c1-3-17(4-2)9-5-7-16-13(18)12-10-11(14)6-8-15-12/h6,8,10H,3-5,7,9H2,1-2H3,(H2,14,15)(H,16,18). The fraction of sp³-hybridized carbons (Fsp3) is 0.538. The number of anilines is 1. The van der Waals surface area contributed by atoms with Crippen molar-refractivity contribution in [3.05, 3.63) is 24.0 Å². The Kier molecular flexibility index (Phi) is 6.14. The molecule has 0 aromatic carbocycles. The Morgan fingerprint density at radius 1 is 1.44 bits per heavy atom. The Balaban J connectivity index is 2.29. The molecule has 0 saturated heterocycles. The molecule has 0 aliphatic heterocycles. The Bertz CT molecular complexity index is 377. The topological polar surface area (TPSA) is 71.2 Å². The SMILES string of the molecule is CCN(CC)CCCNC(=O)c1cc(N)ccn1. The van der Waals surface area contributed by atoms with Gasteiger partial charge in [0, 0.05) is 18.4 Å². The van der Waals surface area contributed by atoms with Crippen LogP contribution in [-0.4, -0.2) is 42.0 Å². The third-order valence-electron chi connectivity index (χ3n) is 2.85. The molecular weight excluding hydrogens is 228 g/mol. The van der Waals surface area contributed by atoms with Crippen LogP contribution in [0.4, 0.5) is 5.69 Å². The number of rotatable bonds is 7. The summed E-state index contributed by atoms with van der Waals surface area (Å²) < 4.78 is 0. The molecule has 5 heteroatoms. The van der Waals surface area contributed by atoms with E-state index < -0.39 is 0 Å². The van der Waals surface area contributed by atoms with E-state index in [0.29, 0.717) is 17.9 Å². The molecule has 1 aromatic heterocycles. The van der Waals surface area contributed by atoms with E-state index in [9.17, 15) is 4.79 Å². The fourth-order valence-electron chi connectivity index (χ4n) is 1.71. The molecule has 0 radical (unpaired) electrons. The van der Waals surface area contributed by atoms with Crippen molar-refractivity contribution in [2.75, 3.05) is 31.9 Å². The molecule has 0 spiro atoms. The van der Waals surface area contributed by atoms with Gasteiger partial charge in [-0.1, -0.05) is 13.8 Å². The average Bonchev–Trinajstić information content (AvgIpc) is 2.38. The highest BCUT2D eigenvalue weighted by Crippen LogP contribution is 2.02. The number of aromatic nitrogens is 1. The summed E-state index contributed by atoms with van der Waals surface area (Å²) in [4.78, 5) is 18.0. The van der Waals surface area contributed by atoms with Crippen LogP contribution < -0.4 is 11.1 Å². The maximum Gasteiger partial charge on any atom is 0.269 e. The van der Waals surface area contributed by atoms with E-state index in [1.165, 1.54) is 0 Å². The van der Waals surface area contributed by atoms with Gasteiger partial charge < -0.3 is 16.0 Å². The molecule has 18 heavy (non-hydrogen) atoms. The van der Waals surface area contributed by atoms with E-state index in [2.05, 4.69) is 29.0 Å². The van der Waals surface area contributed by atoms with E-state index in [4.69, 9.17) is 5.73 Å². The Morgan fingerprint density at radius 2 is 2.17 bits per heavy atom. The van der Waals surface area contributed by atoms with Gasteiger partial charge in [0.15, 0.2) is 0 Å². The lowest BCUT2D eigenvalue weighted by Gasteiger charge is -2.17. The summed E-state index contributed by atoms with van der Waals surface area (Å²) in [6.45, 7) is 8.02. The van der Waals surface area contributed by atoms with Crippen molar-refractivity contribution in [3.63, 3.8) is 0 Å². The first-order valence-corrected chi connectivity index (χ1v) is 6.39. The summed E-state index contributed by atoms with van der Waals surface area (Å²) in [7, 11) is 0. The zero-order valence-electron chi connectivity index (χ0n) is 11.1. The molecule has 1 aromatic rings. The number of carbonyl (C=O) groups excluding carboxylic acids is 1. The van der Waals surface area contributed by atoms with Crippen molar-refractivity contribution in [3.8, 4) is 0 Å². The van der Waals surface area contributed by atoms with Gasteiger partial charge in [-0.15, -0.1) is 0 Å². The largest absolute Gasteiger partial charge is 0.399 e. The van der Waals surface area contributed by atoms with E-state index in [1.54, 1.807) is 18.3 Å². The van der Waals surface area contributed by atoms with Gasteiger partial charge >= 0.3 is 0 Å². The van der Waals surface area contributed by atoms with Gasteiger partial charge in [-0.05, 0) is 38.2 Å². The highest BCUT2D eigenvalue weighted by Gasteiger charge is 2.06. The molecule has 0 saturated carbocycles. The minimum Gasteiger partial charge on any atom is -0.399 e. The Labute approximate surface area is 108 Å². The summed E-state index contributed by atoms with van der Waals surface area (Å²) in [5, 5.41) is 2.85. The van der Waals surface area contributed by atoms with Crippen LogP contribution in [0.5, 0.6) is 0 Å². The van der Waals surface area contributed by atoms with Crippen LogP contribution in [0.3, 0.4) is 0 Å². The van der Waals surface area contributed by atoms with Crippen LogP contribution in [0, 0.1) is 0 Å². The molecule has 1 heterocycles. The van der Waals surface area contributed by atoms with Crippen molar-refractivity contribution in [2.24, 2.45) is 0 Å². The summed E-state index contributed by atoms with van der Waals surface area (Å²) in [6, 6.07) is 3.25. The number of amides is 1. The van der Waals surface area contributed by atoms with Gasteiger partial charge in [0.05, 0.1) is 0 Å². The Hall–Kier alpha value is -1.62. The van der Waals surface area contributed by atoms with Crippen LogP contribution >= 0.6 is 0 Å². The molecule has 0 aliphatic rings. The molecule has 0 bridgehead atoms. The highest BCUT2D eigenvalue weighted by atomic mass is 16.1. The van der Waals surface area contributed by atoms with Gasteiger partial charge in [0.2, 0.25) is 0 Å². The minimum absolute atomic E-state index is 0.165. The third kappa shape index (κ3) is 4.71. The summed E-state index contributed by atoms with van der Waals surface area (Å²) in [5.74, 6) is -0.165. The zero-order valence-corrected chi connectivity index (χ0v) is 11.1. The first-order valence-electron chi connectivity index (χ1n) is 6.39. The number of nitrogens with one attached hydrogen (secondary N) is 1. The van der Waals surface area contributed by atoms with Crippen molar-refractivity contribution in [1.82, 2.24) is 15.2 Å². The Morgan fingerprint density at radius 3 is 2.78 bits per heavy atom. The number of hydrogen-bond donors (Lipinski definition) is 2.